The van der Waals surface area contributed by atoms with E-state index < -0.39 is 12.1 Å². The summed E-state index contributed by atoms with van der Waals surface area (Å²) in [4.78, 5) is 17.5. The number of methoxy groups -OCH3 is 1. The molecule has 4 rings (SSSR count). The second-order valence-electron chi connectivity index (χ2n) is 8.38. The number of carbonyl (C=O) groups excluding carboxylic acids is 1. The van der Waals surface area contributed by atoms with Gasteiger partial charge in [0.1, 0.15) is 11.6 Å². The number of carbonyl (C=O) groups is 1. The van der Waals surface area contributed by atoms with Crippen LogP contribution in [-0.2, 0) is 11.2 Å². The zero-order valence-electron chi connectivity index (χ0n) is 19.1. The second-order valence-corrected chi connectivity index (χ2v) is 8.76. The van der Waals surface area contributed by atoms with Crippen LogP contribution in [0.1, 0.15) is 41.3 Å². The molecule has 0 spiro atoms. The lowest BCUT2D eigenvalue weighted by Gasteiger charge is -2.19. The van der Waals surface area contributed by atoms with Gasteiger partial charge in [-0.05, 0) is 66.8 Å². The number of fused-ring (bicyclic) bond motifs is 1. The van der Waals surface area contributed by atoms with E-state index in [1.54, 1.807) is 25.6 Å². The Balaban J connectivity index is 1.60. The maximum atomic E-state index is 13.6. The fourth-order valence-electron chi connectivity index (χ4n) is 4.27. The van der Waals surface area contributed by atoms with Crippen molar-refractivity contribution in [1.29, 1.82) is 0 Å². The van der Waals surface area contributed by atoms with E-state index in [0.717, 1.165) is 22.5 Å². The number of amides is 1. The summed E-state index contributed by atoms with van der Waals surface area (Å²) in [7, 11) is 1.60. The number of rotatable bonds is 8. The number of nitrogens with zero attached hydrogens (tertiary/aromatic N) is 2. The average molecular weight is 484 g/mol. The summed E-state index contributed by atoms with van der Waals surface area (Å²) < 4.78 is 21.0. The topological polar surface area (TPSA) is 76.4 Å². The highest BCUT2D eigenvalue weighted by molar-refractivity contribution is 6.17. The molecule has 1 aromatic heterocycles. The van der Waals surface area contributed by atoms with E-state index >= 15 is 0 Å². The Bertz CT molecular complexity index is 1220. The minimum Gasteiger partial charge on any atom is -0.495 e. The molecule has 0 saturated carbocycles. The molecular weight excluding hydrogens is 457 g/mol. The van der Waals surface area contributed by atoms with Gasteiger partial charge in [-0.1, -0.05) is 12.1 Å². The van der Waals surface area contributed by atoms with Gasteiger partial charge in [0.15, 0.2) is 0 Å². The van der Waals surface area contributed by atoms with Gasteiger partial charge in [-0.15, -0.1) is 11.6 Å². The molecule has 0 radical (unpaired) electrons. The molecule has 1 heterocycles. The first-order valence-corrected chi connectivity index (χ1v) is 11.7. The van der Waals surface area contributed by atoms with Crippen LogP contribution in [0, 0.1) is 12.7 Å². The van der Waals surface area contributed by atoms with Gasteiger partial charge in [-0.3, -0.25) is 4.79 Å². The Labute approximate surface area is 203 Å². The van der Waals surface area contributed by atoms with E-state index in [9.17, 15) is 14.3 Å². The molecule has 1 aliphatic carbocycles. The highest BCUT2D eigenvalue weighted by Gasteiger charge is 2.33. The van der Waals surface area contributed by atoms with Crippen LogP contribution in [0.25, 0.3) is 11.8 Å². The van der Waals surface area contributed by atoms with E-state index in [0.29, 0.717) is 42.0 Å². The quantitative estimate of drug-likeness (QED) is 0.365. The van der Waals surface area contributed by atoms with Gasteiger partial charge >= 0.3 is 0 Å². The Morgan fingerprint density at radius 2 is 2.18 bits per heavy atom. The van der Waals surface area contributed by atoms with Crippen molar-refractivity contribution in [3.8, 4) is 11.4 Å². The van der Waals surface area contributed by atoms with Crippen LogP contribution < -0.4 is 10.1 Å². The number of nitrogens with one attached hydrogen (secondary N) is 1. The van der Waals surface area contributed by atoms with Crippen molar-refractivity contribution in [2.45, 2.75) is 38.3 Å². The molecule has 1 aliphatic rings. The summed E-state index contributed by atoms with van der Waals surface area (Å²) in [5, 5.41) is 13.4. The third-order valence-electron chi connectivity index (χ3n) is 5.95. The smallest absolute Gasteiger partial charge is 0.247 e. The van der Waals surface area contributed by atoms with Crippen LogP contribution in [0.5, 0.6) is 5.75 Å². The largest absolute Gasteiger partial charge is 0.495 e. The SMILES string of the molecule is COc1cc(C=C(CCCCl)C(=O)NC2c3ccc(F)cc3CC2O)ccc1-n1cnc(C)c1. The van der Waals surface area contributed by atoms with Crippen molar-refractivity contribution in [2.24, 2.45) is 0 Å². The van der Waals surface area contributed by atoms with Gasteiger partial charge in [-0.2, -0.15) is 0 Å². The molecular formula is C26H27ClFN3O3. The molecule has 0 saturated heterocycles. The highest BCUT2D eigenvalue weighted by atomic mass is 35.5. The number of hydrogen-bond donors (Lipinski definition) is 2. The fraction of sp³-hybridized carbons (Fsp3) is 0.308. The molecule has 2 N–H and O–H groups in total. The predicted molar refractivity (Wildman–Crippen MR) is 130 cm³/mol. The van der Waals surface area contributed by atoms with Gasteiger partial charge in [0.25, 0.3) is 0 Å². The number of ether oxygens (including phenoxy) is 1. The number of aryl methyl sites for hydroxylation is 1. The van der Waals surface area contributed by atoms with Crippen LogP contribution in [0.15, 0.2) is 54.5 Å². The first-order valence-electron chi connectivity index (χ1n) is 11.1. The van der Waals surface area contributed by atoms with E-state index in [1.165, 1.54) is 12.1 Å². The Morgan fingerprint density at radius 1 is 1.35 bits per heavy atom. The summed E-state index contributed by atoms with van der Waals surface area (Å²) in [6.07, 6.45) is 6.01. The van der Waals surface area contributed by atoms with Gasteiger partial charge in [0, 0.05) is 24.1 Å². The zero-order valence-corrected chi connectivity index (χ0v) is 19.8. The lowest BCUT2D eigenvalue weighted by Crippen LogP contribution is -2.34. The average Bonchev–Trinajstić information content (AvgIpc) is 3.38. The van der Waals surface area contributed by atoms with E-state index in [4.69, 9.17) is 16.3 Å². The molecule has 8 heteroatoms. The van der Waals surface area contributed by atoms with Gasteiger partial charge in [-0.25, -0.2) is 9.37 Å². The van der Waals surface area contributed by atoms with Gasteiger partial charge in [0.05, 0.1) is 37.0 Å². The number of aliphatic hydroxyl groups is 1. The van der Waals surface area contributed by atoms with Crippen molar-refractivity contribution in [2.75, 3.05) is 13.0 Å². The summed E-state index contributed by atoms with van der Waals surface area (Å²) in [5.74, 6) is 0.412. The van der Waals surface area contributed by atoms with Crippen molar-refractivity contribution in [3.63, 3.8) is 0 Å². The molecule has 0 bridgehead atoms. The normalized spacial score (nSPS) is 17.5. The first-order chi connectivity index (χ1) is 16.4. The maximum Gasteiger partial charge on any atom is 0.247 e. The third-order valence-corrected chi connectivity index (χ3v) is 6.21. The Morgan fingerprint density at radius 3 is 2.88 bits per heavy atom. The second kappa shape index (κ2) is 10.4. The number of benzene rings is 2. The number of hydrogen-bond acceptors (Lipinski definition) is 4. The van der Waals surface area contributed by atoms with E-state index in [-0.39, 0.29) is 11.7 Å². The molecule has 178 valence electrons. The molecule has 2 atom stereocenters. The molecule has 1 amide bonds. The number of halogens is 2. The van der Waals surface area contributed by atoms with Crippen molar-refractivity contribution in [1.82, 2.24) is 14.9 Å². The predicted octanol–water partition coefficient (Wildman–Crippen LogP) is 4.51. The molecule has 0 fully saturated rings. The molecule has 2 unspecified atom stereocenters. The molecule has 34 heavy (non-hydrogen) atoms. The number of aliphatic hydroxyl groups excluding tert-OH is 1. The molecule has 6 nitrogen and oxygen atoms in total. The van der Waals surface area contributed by atoms with Crippen molar-refractivity contribution < 1.29 is 19.0 Å². The molecule has 2 aromatic carbocycles. The summed E-state index contributed by atoms with van der Waals surface area (Å²) in [6.45, 7) is 1.91. The molecule has 3 aromatic rings. The zero-order chi connectivity index (χ0) is 24.2. The van der Waals surface area contributed by atoms with Crippen LogP contribution in [0.4, 0.5) is 4.39 Å². The summed E-state index contributed by atoms with van der Waals surface area (Å²) >= 11 is 5.90. The minimum absolute atomic E-state index is 0.292. The first kappa shape index (κ1) is 24.0. The Kier molecular flexibility index (Phi) is 7.34. The molecule has 0 aliphatic heterocycles. The van der Waals surface area contributed by atoms with Crippen LogP contribution in [0.2, 0.25) is 0 Å². The lowest BCUT2D eigenvalue weighted by atomic mass is 10.0. The highest BCUT2D eigenvalue weighted by Crippen LogP contribution is 2.33. The minimum atomic E-state index is -0.812. The monoisotopic (exact) mass is 483 g/mol. The summed E-state index contributed by atoms with van der Waals surface area (Å²) in [6, 6.07) is 9.46. The maximum absolute atomic E-state index is 13.6. The number of aromatic nitrogens is 2. The van der Waals surface area contributed by atoms with Gasteiger partial charge < -0.3 is 19.7 Å². The standard InChI is InChI=1S/C26H27ClFN3O3/c1-16-14-31(15-29-16)22-8-5-17(11-24(22)34-2)10-18(4-3-9-27)26(33)30-25-21-7-6-20(28)12-19(21)13-23(25)32/h5-8,10-12,14-15,23,25,32H,3-4,9,13H2,1-2H3,(H,30,33). The third kappa shape index (κ3) is 5.16. The fourth-order valence-corrected chi connectivity index (χ4v) is 4.41. The van der Waals surface area contributed by atoms with Crippen LogP contribution in [0.3, 0.4) is 0 Å². The van der Waals surface area contributed by atoms with Crippen LogP contribution in [-0.4, -0.2) is 39.7 Å². The van der Waals surface area contributed by atoms with Gasteiger partial charge in [0.2, 0.25) is 5.91 Å². The summed E-state index contributed by atoms with van der Waals surface area (Å²) in [5.41, 5.74) is 4.51. The van der Waals surface area contributed by atoms with Crippen molar-refractivity contribution >= 4 is 23.6 Å². The van der Waals surface area contributed by atoms with E-state index in [1.807, 2.05) is 35.9 Å². The Hall–Kier alpha value is -3.16. The lowest BCUT2D eigenvalue weighted by molar-refractivity contribution is -0.119. The number of alkyl halides is 1. The van der Waals surface area contributed by atoms with Crippen LogP contribution >= 0.6 is 11.6 Å². The number of imidazole rings is 1. The van der Waals surface area contributed by atoms with Crippen molar-refractivity contribution in [3.05, 3.63) is 82.7 Å². The van der Waals surface area contributed by atoms with E-state index in [2.05, 4.69) is 10.3 Å².